The summed E-state index contributed by atoms with van der Waals surface area (Å²) >= 11 is 0. The van der Waals surface area contributed by atoms with Crippen LogP contribution in [0.1, 0.15) is 19.3 Å². The molecule has 0 radical (unpaired) electrons. The lowest BCUT2D eigenvalue weighted by Gasteiger charge is -2.33. The van der Waals surface area contributed by atoms with Gasteiger partial charge in [-0.2, -0.15) is 0 Å². The van der Waals surface area contributed by atoms with E-state index in [0.29, 0.717) is 5.69 Å². The lowest BCUT2D eigenvalue weighted by atomic mass is 10.1. The van der Waals surface area contributed by atoms with Crippen molar-refractivity contribution in [3.63, 3.8) is 0 Å². The molecule has 1 aliphatic heterocycles. The molecule has 1 saturated heterocycles. The second-order valence-electron chi connectivity index (χ2n) is 7.24. The molecule has 1 amide bonds. The van der Waals surface area contributed by atoms with Gasteiger partial charge in [0.25, 0.3) is 0 Å². The molecule has 1 unspecified atom stereocenters. The lowest BCUT2D eigenvalue weighted by molar-refractivity contribution is -0.116. The van der Waals surface area contributed by atoms with Crippen molar-refractivity contribution in [1.82, 2.24) is 4.72 Å². The summed E-state index contributed by atoms with van der Waals surface area (Å²) in [4.78, 5) is 13.3. The third-order valence-corrected chi connectivity index (χ3v) is 6.57. The molecule has 2 aromatic carbocycles. The maximum atomic E-state index is 13.7. The molecule has 0 bridgehead atoms. The molecule has 0 saturated carbocycles. The second kappa shape index (κ2) is 10.2. The fourth-order valence-electron chi connectivity index (χ4n) is 3.45. The van der Waals surface area contributed by atoms with Gasteiger partial charge < -0.3 is 15.0 Å². The van der Waals surface area contributed by atoms with Gasteiger partial charge in [-0.15, -0.1) is 0 Å². The quantitative estimate of drug-likeness (QED) is 0.642. The zero-order chi connectivity index (χ0) is 22.4. The number of carbonyl (C=O) groups excluding carboxylic acids is 1. The summed E-state index contributed by atoms with van der Waals surface area (Å²) in [7, 11) is -2.70. The van der Waals surface area contributed by atoms with Gasteiger partial charge in [-0.1, -0.05) is 6.07 Å². The molecule has 7 nitrogen and oxygen atoms in total. The molecule has 0 aromatic heterocycles. The van der Waals surface area contributed by atoms with Gasteiger partial charge in [0, 0.05) is 44.5 Å². The van der Waals surface area contributed by atoms with Crippen LogP contribution < -0.4 is 14.9 Å². The zero-order valence-electron chi connectivity index (χ0n) is 17.1. The number of sulfonamides is 1. The highest BCUT2D eigenvalue weighted by Crippen LogP contribution is 2.23. The molecule has 2 N–H and O–H groups in total. The lowest BCUT2D eigenvalue weighted by Crippen LogP contribution is -2.39. The number of nitrogens with one attached hydrogen (secondary N) is 2. The van der Waals surface area contributed by atoms with Gasteiger partial charge in [0.2, 0.25) is 15.9 Å². The van der Waals surface area contributed by atoms with Gasteiger partial charge in [0.05, 0.1) is 6.10 Å². The summed E-state index contributed by atoms with van der Waals surface area (Å²) in [5.74, 6) is -2.81. The normalized spacial score (nSPS) is 16.9. The molecule has 1 atom stereocenters. The van der Waals surface area contributed by atoms with E-state index in [1.165, 1.54) is 0 Å². The number of methoxy groups -OCH3 is 1. The molecule has 168 valence electrons. The van der Waals surface area contributed by atoms with Crippen molar-refractivity contribution < 1.29 is 26.7 Å². The summed E-state index contributed by atoms with van der Waals surface area (Å²) < 4.78 is 59.1. The van der Waals surface area contributed by atoms with Crippen LogP contribution in [0.4, 0.5) is 20.2 Å². The summed E-state index contributed by atoms with van der Waals surface area (Å²) in [5.41, 5.74) is 1.59. The number of benzene rings is 2. The van der Waals surface area contributed by atoms with Crippen LogP contribution in [0.5, 0.6) is 0 Å². The third kappa shape index (κ3) is 5.99. The SMILES string of the molecule is COC1CCCN(c2ccc(NC(=O)CCNS(=O)(=O)c3c(F)cccc3F)cc2)C1. The van der Waals surface area contributed by atoms with Crippen molar-refractivity contribution in [2.24, 2.45) is 0 Å². The zero-order valence-corrected chi connectivity index (χ0v) is 17.9. The van der Waals surface area contributed by atoms with Gasteiger partial charge in [-0.3, -0.25) is 4.79 Å². The smallest absolute Gasteiger partial charge is 0.246 e. The highest BCUT2D eigenvalue weighted by molar-refractivity contribution is 7.89. The van der Waals surface area contributed by atoms with Crippen molar-refractivity contribution in [2.75, 3.05) is 37.0 Å². The Kier molecular flexibility index (Phi) is 7.58. The standard InChI is InChI=1S/C21H25F2N3O4S/c1-30-17-4-3-13-26(14-17)16-9-7-15(8-10-16)25-20(27)11-12-24-31(28,29)21-18(22)5-2-6-19(21)23/h2,5-10,17,24H,3-4,11-14H2,1H3,(H,25,27). The van der Waals surface area contributed by atoms with Crippen LogP contribution >= 0.6 is 0 Å². The molecule has 2 aromatic rings. The van der Waals surface area contributed by atoms with Gasteiger partial charge in [-0.25, -0.2) is 21.9 Å². The van der Waals surface area contributed by atoms with Crippen LogP contribution in [0.3, 0.4) is 0 Å². The molecule has 3 rings (SSSR count). The fraction of sp³-hybridized carbons (Fsp3) is 0.381. The highest BCUT2D eigenvalue weighted by Gasteiger charge is 2.23. The second-order valence-corrected chi connectivity index (χ2v) is 8.94. The van der Waals surface area contributed by atoms with Crippen LogP contribution in [0.15, 0.2) is 47.4 Å². The van der Waals surface area contributed by atoms with E-state index in [0.717, 1.165) is 49.8 Å². The monoisotopic (exact) mass is 453 g/mol. The summed E-state index contributed by atoms with van der Waals surface area (Å²) in [5, 5.41) is 2.68. The van der Waals surface area contributed by atoms with Crippen LogP contribution in [0.25, 0.3) is 0 Å². The van der Waals surface area contributed by atoms with Crippen molar-refractivity contribution in [3.05, 3.63) is 54.1 Å². The largest absolute Gasteiger partial charge is 0.380 e. The number of ether oxygens (including phenoxy) is 1. The summed E-state index contributed by atoms with van der Waals surface area (Å²) in [6.45, 7) is 1.45. The fourth-order valence-corrected chi connectivity index (χ4v) is 4.62. The molecular weight excluding hydrogens is 428 g/mol. The van der Waals surface area contributed by atoms with Crippen LogP contribution in [0, 0.1) is 11.6 Å². The van der Waals surface area contributed by atoms with E-state index < -0.39 is 32.5 Å². The van der Waals surface area contributed by atoms with Crippen molar-refractivity contribution in [3.8, 4) is 0 Å². The average Bonchev–Trinajstić information content (AvgIpc) is 2.74. The van der Waals surface area contributed by atoms with E-state index in [9.17, 15) is 22.0 Å². The first kappa shape index (κ1) is 23.1. The maximum Gasteiger partial charge on any atom is 0.246 e. The number of nitrogens with zero attached hydrogens (tertiary/aromatic N) is 1. The topological polar surface area (TPSA) is 87.7 Å². The van der Waals surface area contributed by atoms with Crippen LogP contribution in [-0.4, -0.2) is 47.2 Å². The molecule has 1 aliphatic rings. The maximum absolute atomic E-state index is 13.7. The summed E-state index contributed by atoms with van der Waals surface area (Å²) in [6, 6.07) is 10.1. The van der Waals surface area contributed by atoms with E-state index in [2.05, 4.69) is 10.2 Å². The molecule has 1 fully saturated rings. The van der Waals surface area contributed by atoms with E-state index in [4.69, 9.17) is 4.74 Å². The number of hydrogen-bond donors (Lipinski definition) is 2. The number of carbonyl (C=O) groups is 1. The van der Waals surface area contributed by atoms with Gasteiger partial charge in [-0.05, 0) is 49.2 Å². The number of halogens is 2. The van der Waals surface area contributed by atoms with Gasteiger partial charge in [0.1, 0.15) is 11.6 Å². The Labute approximate surface area is 180 Å². The van der Waals surface area contributed by atoms with Crippen molar-refractivity contribution >= 4 is 27.3 Å². The summed E-state index contributed by atoms with van der Waals surface area (Å²) in [6.07, 6.45) is 2.09. The van der Waals surface area contributed by atoms with Crippen molar-refractivity contribution in [1.29, 1.82) is 0 Å². The predicted molar refractivity (Wildman–Crippen MR) is 113 cm³/mol. The molecule has 31 heavy (non-hydrogen) atoms. The third-order valence-electron chi connectivity index (χ3n) is 5.06. The molecule has 0 spiro atoms. The molecular formula is C21H25F2N3O4S. The number of anilines is 2. The molecule has 1 heterocycles. The average molecular weight is 454 g/mol. The highest BCUT2D eigenvalue weighted by atomic mass is 32.2. The van der Waals surface area contributed by atoms with E-state index in [1.807, 2.05) is 16.9 Å². The molecule has 10 heteroatoms. The first-order valence-corrected chi connectivity index (χ1v) is 11.4. The Morgan fingerprint density at radius 3 is 2.48 bits per heavy atom. The Morgan fingerprint density at radius 1 is 1.16 bits per heavy atom. The van der Waals surface area contributed by atoms with E-state index in [1.54, 1.807) is 19.2 Å². The first-order chi connectivity index (χ1) is 14.8. The minimum Gasteiger partial charge on any atom is -0.380 e. The number of amides is 1. The van der Waals surface area contributed by atoms with E-state index >= 15 is 0 Å². The number of piperidine rings is 1. The van der Waals surface area contributed by atoms with E-state index in [-0.39, 0.29) is 19.1 Å². The van der Waals surface area contributed by atoms with Crippen LogP contribution in [-0.2, 0) is 19.6 Å². The Bertz CT molecular complexity index is 996. The Hall–Kier alpha value is -2.56. The first-order valence-electron chi connectivity index (χ1n) is 9.91. The van der Waals surface area contributed by atoms with Gasteiger partial charge >= 0.3 is 0 Å². The van der Waals surface area contributed by atoms with Crippen LogP contribution in [0.2, 0.25) is 0 Å². The number of rotatable bonds is 8. The minimum atomic E-state index is -4.41. The number of hydrogen-bond acceptors (Lipinski definition) is 5. The minimum absolute atomic E-state index is 0.196. The van der Waals surface area contributed by atoms with Gasteiger partial charge in [0.15, 0.2) is 4.90 Å². The predicted octanol–water partition coefficient (Wildman–Crippen LogP) is 2.89. The Morgan fingerprint density at radius 2 is 1.84 bits per heavy atom. The van der Waals surface area contributed by atoms with Crippen molar-refractivity contribution in [2.45, 2.75) is 30.3 Å². The molecule has 0 aliphatic carbocycles. The Balaban J connectivity index is 1.51.